The second-order valence-corrected chi connectivity index (χ2v) is 4.09. The van der Waals surface area contributed by atoms with E-state index in [0.717, 1.165) is 10.9 Å². The lowest BCUT2D eigenvalue weighted by molar-refractivity contribution is -0.115. The third kappa shape index (κ3) is 2.42. The first kappa shape index (κ1) is 12.5. The van der Waals surface area contributed by atoms with Crippen molar-refractivity contribution in [3.05, 3.63) is 24.3 Å². The maximum atomic E-state index is 12.1. The molecule has 0 unspecified atom stereocenters. The van der Waals surface area contributed by atoms with Gasteiger partial charge in [0.15, 0.2) is 5.82 Å². The molecule has 9 heteroatoms. The van der Waals surface area contributed by atoms with Gasteiger partial charge in [0.1, 0.15) is 12.2 Å². The number of H-pyrrole nitrogens is 2. The second kappa shape index (κ2) is 4.51. The normalized spacial score (nSPS) is 11.9. The predicted octanol–water partition coefficient (Wildman–Crippen LogP) is 2.32. The van der Waals surface area contributed by atoms with Crippen LogP contribution < -0.4 is 5.32 Å². The minimum Gasteiger partial charge on any atom is -0.344 e. The smallest absolute Gasteiger partial charge is 0.344 e. The Kier molecular flexibility index (Phi) is 2.81. The molecule has 2 aromatic heterocycles. The first-order valence-electron chi connectivity index (χ1n) is 5.69. The molecule has 0 aliphatic rings. The Balaban J connectivity index is 1.86. The van der Waals surface area contributed by atoms with Gasteiger partial charge in [0, 0.05) is 5.39 Å². The molecule has 20 heavy (non-hydrogen) atoms. The zero-order chi connectivity index (χ0) is 14.2. The number of rotatable bonds is 3. The summed E-state index contributed by atoms with van der Waals surface area (Å²) in [5.74, 6) is 0.177. The standard InChI is InChI=1S/C11H9F3N6/c12-11(13,14)5-15-10-16-9(19-20-10)8-6-3-1-2-4-7(6)17-18-8/h1-4H,5H2,(H,17,18)(H2,15,16,19,20). The Morgan fingerprint density at radius 1 is 1.10 bits per heavy atom. The number of nitrogens with zero attached hydrogens (tertiary/aromatic N) is 3. The van der Waals surface area contributed by atoms with Crippen molar-refractivity contribution in [2.75, 3.05) is 11.9 Å². The lowest BCUT2D eigenvalue weighted by Gasteiger charge is -2.04. The van der Waals surface area contributed by atoms with Gasteiger partial charge in [0.05, 0.1) is 5.52 Å². The molecule has 0 aliphatic heterocycles. The van der Waals surface area contributed by atoms with E-state index in [9.17, 15) is 13.2 Å². The number of para-hydroxylation sites is 1. The second-order valence-electron chi connectivity index (χ2n) is 4.09. The van der Waals surface area contributed by atoms with Crippen molar-refractivity contribution in [1.82, 2.24) is 25.4 Å². The zero-order valence-electron chi connectivity index (χ0n) is 9.99. The van der Waals surface area contributed by atoms with Crippen molar-refractivity contribution in [2.45, 2.75) is 6.18 Å². The molecule has 0 radical (unpaired) electrons. The Labute approximate surface area is 110 Å². The van der Waals surface area contributed by atoms with Crippen molar-refractivity contribution in [1.29, 1.82) is 0 Å². The van der Waals surface area contributed by atoms with E-state index in [1.165, 1.54) is 0 Å². The van der Waals surface area contributed by atoms with Gasteiger partial charge in [-0.05, 0) is 6.07 Å². The average molecular weight is 282 g/mol. The Bertz CT molecular complexity index is 729. The first-order valence-corrected chi connectivity index (χ1v) is 5.69. The van der Waals surface area contributed by atoms with E-state index in [-0.39, 0.29) is 5.95 Å². The van der Waals surface area contributed by atoms with Gasteiger partial charge in [-0.3, -0.25) is 10.2 Å². The topological polar surface area (TPSA) is 82.3 Å². The Hall–Kier alpha value is -2.58. The summed E-state index contributed by atoms with van der Waals surface area (Å²) in [4.78, 5) is 3.95. The number of hydrogen-bond acceptors (Lipinski definition) is 4. The largest absolute Gasteiger partial charge is 0.405 e. The minimum atomic E-state index is -4.32. The van der Waals surface area contributed by atoms with Crippen molar-refractivity contribution in [2.24, 2.45) is 0 Å². The molecule has 0 amide bonds. The van der Waals surface area contributed by atoms with E-state index in [0.29, 0.717) is 11.5 Å². The minimum absolute atomic E-state index is 0.121. The highest BCUT2D eigenvalue weighted by Gasteiger charge is 2.27. The van der Waals surface area contributed by atoms with Gasteiger partial charge in [-0.1, -0.05) is 18.2 Å². The fraction of sp³-hybridized carbons (Fsp3) is 0.182. The summed E-state index contributed by atoms with van der Waals surface area (Å²) in [6.07, 6.45) is -4.32. The van der Waals surface area contributed by atoms with Crippen LogP contribution in [0.1, 0.15) is 0 Å². The van der Waals surface area contributed by atoms with Gasteiger partial charge >= 0.3 is 6.18 Å². The van der Waals surface area contributed by atoms with Crippen molar-refractivity contribution < 1.29 is 13.2 Å². The molecular formula is C11H9F3N6. The van der Waals surface area contributed by atoms with Crippen LogP contribution in [-0.2, 0) is 0 Å². The van der Waals surface area contributed by atoms with Crippen LogP contribution in [0.15, 0.2) is 24.3 Å². The molecule has 6 nitrogen and oxygen atoms in total. The summed E-state index contributed by atoms with van der Waals surface area (Å²) in [5, 5.41) is 16.0. The number of aromatic amines is 2. The molecule has 1 aromatic carbocycles. The van der Waals surface area contributed by atoms with Crippen LogP contribution in [-0.4, -0.2) is 38.1 Å². The monoisotopic (exact) mass is 282 g/mol. The third-order valence-corrected chi connectivity index (χ3v) is 2.63. The summed E-state index contributed by atoms with van der Waals surface area (Å²) in [5.41, 5.74) is 1.32. The number of aromatic nitrogens is 5. The molecule has 104 valence electrons. The number of hydrogen-bond donors (Lipinski definition) is 3. The molecule has 3 rings (SSSR count). The first-order chi connectivity index (χ1) is 9.53. The van der Waals surface area contributed by atoms with Crippen LogP contribution in [0.25, 0.3) is 22.4 Å². The van der Waals surface area contributed by atoms with E-state index in [2.05, 4.69) is 30.7 Å². The predicted molar refractivity (Wildman–Crippen MR) is 66.0 cm³/mol. The molecule has 3 N–H and O–H groups in total. The number of halogens is 3. The summed E-state index contributed by atoms with van der Waals surface area (Å²) in [6, 6.07) is 7.35. The van der Waals surface area contributed by atoms with Gasteiger partial charge in [0.2, 0.25) is 5.95 Å². The number of alkyl halides is 3. The van der Waals surface area contributed by atoms with Crippen LogP contribution in [0.3, 0.4) is 0 Å². The van der Waals surface area contributed by atoms with Gasteiger partial charge in [-0.15, -0.1) is 5.10 Å². The van der Waals surface area contributed by atoms with Gasteiger partial charge in [-0.2, -0.15) is 23.3 Å². The third-order valence-electron chi connectivity index (χ3n) is 2.63. The lowest BCUT2D eigenvalue weighted by atomic mass is 10.2. The summed E-state index contributed by atoms with van der Waals surface area (Å²) in [7, 11) is 0. The number of fused-ring (bicyclic) bond motifs is 1. The molecule has 0 bridgehead atoms. The summed E-state index contributed by atoms with van der Waals surface area (Å²) in [6.45, 7) is -1.19. The van der Waals surface area contributed by atoms with Crippen LogP contribution in [0.2, 0.25) is 0 Å². The maximum absolute atomic E-state index is 12.1. The quantitative estimate of drug-likeness (QED) is 0.688. The van der Waals surface area contributed by atoms with E-state index in [1.807, 2.05) is 24.3 Å². The maximum Gasteiger partial charge on any atom is 0.405 e. The molecule has 0 spiro atoms. The van der Waals surface area contributed by atoms with Gasteiger partial charge in [-0.25, -0.2) is 0 Å². The molecule has 0 saturated heterocycles. The van der Waals surface area contributed by atoms with Gasteiger partial charge in [0.25, 0.3) is 0 Å². The van der Waals surface area contributed by atoms with E-state index < -0.39 is 12.7 Å². The van der Waals surface area contributed by atoms with Crippen molar-refractivity contribution in [3.63, 3.8) is 0 Å². The summed E-state index contributed by atoms with van der Waals surface area (Å²) >= 11 is 0. The lowest BCUT2D eigenvalue weighted by Crippen LogP contribution is -2.21. The highest BCUT2D eigenvalue weighted by atomic mass is 19.4. The van der Waals surface area contributed by atoms with E-state index >= 15 is 0 Å². The van der Waals surface area contributed by atoms with E-state index in [1.54, 1.807) is 0 Å². The number of nitrogens with one attached hydrogen (secondary N) is 3. The van der Waals surface area contributed by atoms with Gasteiger partial charge < -0.3 is 5.32 Å². The molecule has 0 atom stereocenters. The van der Waals surface area contributed by atoms with Crippen LogP contribution in [0.5, 0.6) is 0 Å². The molecular weight excluding hydrogens is 273 g/mol. The zero-order valence-corrected chi connectivity index (χ0v) is 9.99. The highest BCUT2D eigenvalue weighted by molar-refractivity contribution is 5.90. The van der Waals surface area contributed by atoms with Crippen LogP contribution >= 0.6 is 0 Å². The fourth-order valence-corrected chi connectivity index (χ4v) is 1.77. The van der Waals surface area contributed by atoms with Crippen molar-refractivity contribution >= 4 is 16.9 Å². The Morgan fingerprint density at radius 3 is 2.70 bits per heavy atom. The average Bonchev–Trinajstić information content (AvgIpc) is 3.01. The fourth-order valence-electron chi connectivity index (χ4n) is 1.77. The molecule has 3 aromatic rings. The molecule has 0 aliphatic carbocycles. The molecule has 2 heterocycles. The van der Waals surface area contributed by atoms with E-state index in [4.69, 9.17) is 0 Å². The number of benzene rings is 1. The Morgan fingerprint density at radius 2 is 1.90 bits per heavy atom. The van der Waals surface area contributed by atoms with Crippen LogP contribution in [0, 0.1) is 0 Å². The SMILES string of the molecule is FC(F)(F)CNc1n[nH]c(-c2n[nH]c3ccccc23)n1. The van der Waals surface area contributed by atoms with Crippen LogP contribution in [0.4, 0.5) is 19.1 Å². The number of anilines is 1. The highest BCUT2D eigenvalue weighted by Crippen LogP contribution is 2.23. The molecule has 0 saturated carbocycles. The summed E-state index contributed by atoms with van der Waals surface area (Å²) < 4.78 is 36.3. The van der Waals surface area contributed by atoms with Crippen molar-refractivity contribution in [3.8, 4) is 11.5 Å². The molecule has 0 fully saturated rings.